The third-order valence-electron chi connectivity index (χ3n) is 3.79. The van der Waals surface area contributed by atoms with Gasteiger partial charge >= 0.3 is 0 Å². The molecule has 0 aromatic rings. The lowest BCUT2D eigenvalue weighted by Crippen LogP contribution is -2.60. The van der Waals surface area contributed by atoms with Crippen molar-refractivity contribution in [3.63, 3.8) is 0 Å². The van der Waals surface area contributed by atoms with Crippen molar-refractivity contribution in [2.45, 2.75) is 52.7 Å². The van der Waals surface area contributed by atoms with Gasteiger partial charge in [0.1, 0.15) is 5.72 Å². The van der Waals surface area contributed by atoms with E-state index in [1.807, 2.05) is 0 Å². The van der Waals surface area contributed by atoms with Crippen LogP contribution in [0.3, 0.4) is 0 Å². The first-order chi connectivity index (χ1) is 6.91. The molecule has 2 fully saturated rings. The van der Waals surface area contributed by atoms with Crippen LogP contribution in [0.25, 0.3) is 0 Å². The van der Waals surface area contributed by atoms with Gasteiger partial charge in [0.2, 0.25) is 0 Å². The Kier molecular flexibility index (Phi) is 2.85. The van der Waals surface area contributed by atoms with Crippen LogP contribution in [0.5, 0.6) is 0 Å². The lowest BCUT2D eigenvalue weighted by atomic mass is 9.76. The molecule has 1 N–H and O–H groups in total. The number of nitrogens with one attached hydrogen (secondary N) is 1. The molecule has 15 heavy (non-hydrogen) atoms. The lowest BCUT2D eigenvalue weighted by molar-refractivity contribution is -0.168. The van der Waals surface area contributed by atoms with Crippen LogP contribution < -0.4 is 5.32 Å². The van der Waals surface area contributed by atoms with Crippen LogP contribution in [0.1, 0.15) is 47.0 Å². The molecule has 2 heteroatoms. The molecule has 0 bridgehead atoms. The molecule has 88 valence electrons. The first kappa shape index (κ1) is 11.4. The van der Waals surface area contributed by atoms with Crippen LogP contribution in [0, 0.1) is 17.3 Å². The maximum absolute atomic E-state index is 6.15. The molecular weight excluding hydrogens is 186 g/mol. The Bertz CT molecular complexity index is 215. The van der Waals surface area contributed by atoms with Crippen LogP contribution in [-0.2, 0) is 4.74 Å². The zero-order valence-corrected chi connectivity index (χ0v) is 10.6. The summed E-state index contributed by atoms with van der Waals surface area (Å²) in [6, 6.07) is 0. The van der Waals surface area contributed by atoms with Crippen molar-refractivity contribution in [3.05, 3.63) is 0 Å². The highest BCUT2D eigenvalue weighted by Crippen LogP contribution is 2.40. The fraction of sp³-hybridized carbons (Fsp3) is 1.00. The molecule has 0 radical (unpaired) electrons. The van der Waals surface area contributed by atoms with E-state index in [9.17, 15) is 0 Å². The second kappa shape index (κ2) is 3.74. The monoisotopic (exact) mass is 211 g/mol. The molecule has 0 amide bonds. The predicted octanol–water partition coefficient (Wildman–Crippen LogP) is 2.78. The summed E-state index contributed by atoms with van der Waals surface area (Å²) in [6.07, 6.45) is 3.73. The summed E-state index contributed by atoms with van der Waals surface area (Å²) >= 11 is 0. The molecule has 0 aromatic carbocycles. The first-order valence-corrected chi connectivity index (χ1v) is 6.30. The van der Waals surface area contributed by atoms with E-state index in [-0.39, 0.29) is 5.72 Å². The predicted molar refractivity (Wildman–Crippen MR) is 62.6 cm³/mol. The van der Waals surface area contributed by atoms with Crippen LogP contribution in [0.2, 0.25) is 0 Å². The third-order valence-corrected chi connectivity index (χ3v) is 3.79. The summed E-state index contributed by atoms with van der Waals surface area (Å²) in [5.41, 5.74) is 0.307. The van der Waals surface area contributed by atoms with E-state index in [0.717, 1.165) is 25.0 Å². The zero-order chi connectivity index (χ0) is 11.1. The molecule has 2 atom stereocenters. The SMILES string of the molecule is CC1CC(C)CC2(C1)NCC(C)(C)CO2. The van der Waals surface area contributed by atoms with E-state index in [1.165, 1.54) is 19.3 Å². The van der Waals surface area contributed by atoms with Gasteiger partial charge in [0, 0.05) is 12.0 Å². The highest BCUT2D eigenvalue weighted by Gasteiger charge is 2.43. The van der Waals surface area contributed by atoms with Gasteiger partial charge < -0.3 is 4.74 Å². The zero-order valence-electron chi connectivity index (χ0n) is 10.6. The van der Waals surface area contributed by atoms with Crippen molar-refractivity contribution in [2.24, 2.45) is 17.3 Å². The molecule has 1 saturated carbocycles. The van der Waals surface area contributed by atoms with Crippen molar-refractivity contribution >= 4 is 0 Å². The third kappa shape index (κ3) is 2.54. The maximum atomic E-state index is 6.15. The molecule has 1 heterocycles. The smallest absolute Gasteiger partial charge is 0.119 e. The second-order valence-electron chi connectivity index (χ2n) is 6.66. The van der Waals surface area contributed by atoms with Crippen LogP contribution >= 0.6 is 0 Å². The lowest BCUT2D eigenvalue weighted by Gasteiger charge is -2.49. The largest absolute Gasteiger partial charge is 0.360 e. The molecule has 0 aromatic heterocycles. The Morgan fingerprint density at radius 3 is 2.20 bits per heavy atom. The minimum Gasteiger partial charge on any atom is -0.360 e. The minimum absolute atomic E-state index is 0.00655. The van der Waals surface area contributed by atoms with Crippen molar-refractivity contribution in [3.8, 4) is 0 Å². The van der Waals surface area contributed by atoms with Crippen LogP contribution in [0.4, 0.5) is 0 Å². The summed E-state index contributed by atoms with van der Waals surface area (Å²) < 4.78 is 6.15. The van der Waals surface area contributed by atoms with Gasteiger partial charge in [0.05, 0.1) is 6.61 Å². The van der Waals surface area contributed by atoms with Gasteiger partial charge in [-0.25, -0.2) is 0 Å². The number of hydrogen-bond acceptors (Lipinski definition) is 2. The van der Waals surface area contributed by atoms with Gasteiger partial charge in [0.15, 0.2) is 0 Å². The molecule has 2 nitrogen and oxygen atoms in total. The van der Waals surface area contributed by atoms with Crippen LogP contribution in [-0.4, -0.2) is 18.9 Å². The molecule has 1 aliphatic carbocycles. The molecule has 2 unspecified atom stereocenters. The Balaban J connectivity index is 2.02. The van der Waals surface area contributed by atoms with Gasteiger partial charge in [-0.1, -0.05) is 27.7 Å². The number of hydrogen-bond donors (Lipinski definition) is 1. The summed E-state index contributed by atoms with van der Waals surface area (Å²) in [4.78, 5) is 0. The van der Waals surface area contributed by atoms with Crippen molar-refractivity contribution in [1.82, 2.24) is 5.32 Å². The number of ether oxygens (including phenoxy) is 1. The highest BCUT2D eigenvalue weighted by atomic mass is 16.5. The Morgan fingerprint density at radius 1 is 1.13 bits per heavy atom. The van der Waals surface area contributed by atoms with Gasteiger partial charge in [0.25, 0.3) is 0 Å². The summed E-state index contributed by atoms with van der Waals surface area (Å²) in [5, 5.41) is 3.66. The van der Waals surface area contributed by atoms with E-state index in [4.69, 9.17) is 4.74 Å². The minimum atomic E-state index is 0.00655. The van der Waals surface area contributed by atoms with Gasteiger partial charge in [-0.15, -0.1) is 0 Å². The van der Waals surface area contributed by atoms with Crippen molar-refractivity contribution in [2.75, 3.05) is 13.2 Å². The average molecular weight is 211 g/mol. The molecule has 2 aliphatic rings. The quantitative estimate of drug-likeness (QED) is 0.665. The highest BCUT2D eigenvalue weighted by molar-refractivity contribution is 4.92. The Morgan fingerprint density at radius 2 is 1.73 bits per heavy atom. The first-order valence-electron chi connectivity index (χ1n) is 6.30. The van der Waals surface area contributed by atoms with E-state index in [2.05, 4.69) is 33.0 Å². The fourth-order valence-electron chi connectivity index (χ4n) is 3.16. The van der Waals surface area contributed by atoms with Crippen LogP contribution in [0.15, 0.2) is 0 Å². The van der Waals surface area contributed by atoms with Crippen molar-refractivity contribution < 1.29 is 4.74 Å². The second-order valence-corrected chi connectivity index (χ2v) is 6.66. The maximum Gasteiger partial charge on any atom is 0.119 e. The average Bonchev–Trinajstić information content (AvgIpc) is 2.10. The summed E-state index contributed by atoms with van der Waals surface area (Å²) in [7, 11) is 0. The Hall–Kier alpha value is -0.0800. The Labute approximate surface area is 93.8 Å². The standard InChI is InChI=1S/C13H25NO/c1-10-5-11(2)7-13(6-10)14-8-12(3,4)9-15-13/h10-11,14H,5-9H2,1-4H3. The molecular formula is C13H25NO. The summed E-state index contributed by atoms with van der Waals surface area (Å²) in [6.45, 7) is 11.2. The summed E-state index contributed by atoms with van der Waals surface area (Å²) in [5.74, 6) is 1.59. The van der Waals surface area contributed by atoms with E-state index < -0.39 is 0 Å². The van der Waals surface area contributed by atoms with E-state index in [1.54, 1.807) is 0 Å². The molecule has 1 aliphatic heterocycles. The fourth-order valence-corrected chi connectivity index (χ4v) is 3.16. The van der Waals surface area contributed by atoms with E-state index >= 15 is 0 Å². The van der Waals surface area contributed by atoms with Gasteiger partial charge in [-0.2, -0.15) is 0 Å². The normalized spacial score (nSPS) is 45.6. The molecule has 2 rings (SSSR count). The van der Waals surface area contributed by atoms with Gasteiger partial charge in [-0.05, 0) is 31.1 Å². The number of rotatable bonds is 0. The van der Waals surface area contributed by atoms with E-state index in [0.29, 0.717) is 5.41 Å². The topological polar surface area (TPSA) is 21.3 Å². The van der Waals surface area contributed by atoms with Crippen molar-refractivity contribution in [1.29, 1.82) is 0 Å². The molecule has 1 saturated heterocycles. The van der Waals surface area contributed by atoms with Gasteiger partial charge in [-0.3, -0.25) is 5.32 Å². The molecule has 1 spiro atoms.